The van der Waals surface area contributed by atoms with Gasteiger partial charge in [0, 0.05) is 24.8 Å². The highest BCUT2D eigenvalue weighted by Gasteiger charge is 2.21. The van der Waals surface area contributed by atoms with Gasteiger partial charge in [0.15, 0.2) is 0 Å². The summed E-state index contributed by atoms with van der Waals surface area (Å²) in [6.45, 7) is 3.69. The number of hydrogen-bond donors (Lipinski definition) is 1. The van der Waals surface area contributed by atoms with Gasteiger partial charge >= 0.3 is 5.97 Å². The second-order valence-corrected chi connectivity index (χ2v) is 5.23. The molecule has 0 radical (unpaired) electrons. The first kappa shape index (κ1) is 14.5. The van der Waals surface area contributed by atoms with Crippen LogP contribution in [-0.4, -0.2) is 40.0 Å². The van der Waals surface area contributed by atoms with Crippen molar-refractivity contribution in [2.24, 2.45) is 5.92 Å². The van der Waals surface area contributed by atoms with Gasteiger partial charge in [-0.25, -0.2) is 9.78 Å². The summed E-state index contributed by atoms with van der Waals surface area (Å²) in [4.78, 5) is 28.9. The quantitative estimate of drug-likeness (QED) is 0.920. The molecular weight excluding hydrogens is 256 g/mol. The average Bonchev–Trinajstić information content (AvgIpc) is 2.72. The predicted molar refractivity (Wildman–Crippen MR) is 74.7 cm³/mol. The van der Waals surface area contributed by atoms with Crippen LogP contribution in [0.15, 0.2) is 18.3 Å². The molecule has 0 aliphatic carbocycles. The molecule has 1 fully saturated rings. The first-order valence-electron chi connectivity index (χ1n) is 7.10. The van der Waals surface area contributed by atoms with E-state index >= 15 is 0 Å². The van der Waals surface area contributed by atoms with Crippen molar-refractivity contribution in [2.45, 2.75) is 32.6 Å². The van der Waals surface area contributed by atoms with E-state index in [-0.39, 0.29) is 11.6 Å². The number of carboxylic acids is 1. The van der Waals surface area contributed by atoms with Gasteiger partial charge in [-0.1, -0.05) is 13.3 Å². The van der Waals surface area contributed by atoms with E-state index in [4.69, 9.17) is 5.11 Å². The molecule has 20 heavy (non-hydrogen) atoms. The molecule has 2 heterocycles. The first-order chi connectivity index (χ1) is 9.61. The van der Waals surface area contributed by atoms with Crippen molar-refractivity contribution in [2.75, 3.05) is 13.1 Å². The van der Waals surface area contributed by atoms with Crippen LogP contribution in [-0.2, 0) is 0 Å². The van der Waals surface area contributed by atoms with Gasteiger partial charge in [0.1, 0.15) is 5.69 Å². The van der Waals surface area contributed by atoms with E-state index in [1.165, 1.54) is 12.3 Å². The SMILES string of the molecule is CCC1CCCN(C(=O)c2ccnc(C(=O)O)c2)CC1. The lowest BCUT2D eigenvalue weighted by Crippen LogP contribution is -2.32. The van der Waals surface area contributed by atoms with Crippen molar-refractivity contribution >= 4 is 11.9 Å². The second-order valence-electron chi connectivity index (χ2n) is 5.23. The summed E-state index contributed by atoms with van der Waals surface area (Å²) in [6.07, 6.45) is 5.74. The zero-order chi connectivity index (χ0) is 14.5. The van der Waals surface area contributed by atoms with E-state index in [1.54, 1.807) is 6.07 Å². The number of aromatic nitrogens is 1. The molecule has 1 amide bonds. The van der Waals surface area contributed by atoms with E-state index < -0.39 is 5.97 Å². The summed E-state index contributed by atoms with van der Waals surface area (Å²) in [7, 11) is 0. The van der Waals surface area contributed by atoms with E-state index in [9.17, 15) is 9.59 Å². The van der Waals surface area contributed by atoms with Gasteiger partial charge in [-0.2, -0.15) is 0 Å². The minimum atomic E-state index is -1.11. The number of hydrogen-bond acceptors (Lipinski definition) is 3. The standard InChI is InChI=1S/C15H20N2O3/c1-2-11-4-3-8-17(9-6-11)14(18)12-5-7-16-13(10-12)15(19)20/h5,7,10-11H,2-4,6,8-9H2,1H3,(H,19,20). The summed E-state index contributed by atoms with van der Waals surface area (Å²) in [5.74, 6) is -0.506. The van der Waals surface area contributed by atoms with Crippen LogP contribution in [0.4, 0.5) is 0 Å². The van der Waals surface area contributed by atoms with Crippen molar-refractivity contribution < 1.29 is 14.7 Å². The molecule has 1 aliphatic rings. The van der Waals surface area contributed by atoms with Gasteiger partial charge in [-0.3, -0.25) is 4.79 Å². The van der Waals surface area contributed by atoms with Gasteiger partial charge in [-0.15, -0.1) is 0 Å². The van der Waals surface area contributed by atoms with Crippen LogP contribution in [0.2, 0.25) is 0 Å². The lowest BCUT2D eigenvalue weighted by molar-refractivity contribution is 0.0690. The Labute approximate surface area is 118 Å². The largest absolute Gasteiger partial charge is 0.477 e. The summed E-state index contributed by atoms with van der Waals surface area (Å²) in [5, 5.41) is 8.93. The number of aromatic carboxylic acids is 1. The molecule has 1 aromatic rings. The molecule has 5 nitrogen and oxygen atoms in total. The minimum absolute atomic E-state index is 0.0860. The first-order valence-corrected chi connectivity index (χ1v) is 7.10. The van der Waals surface area contributed by atoms with E-state index in [2.05, 4.69) is 11.9 Å². The highest BCUT2D eigenvalue weighted by molar-refractivity contribution is 5.96. The molecule has 108 valence electrons. The smallest absolute Gasteiger partial charge is 0.354 e. The Bertz CT molecular complexity index is 502. The Morgan fingerprint density at radius 2 is 2.20 bits per heavy atom. The number of carbonyl (C=O) groups excluding carboxylic acids is 1. The summed E-state index contributed by atoms with van der Waals surface area (Å²) >= 11 is 0. The molecule has 0 aromatic carbocycles. The van der Waals surface area contributed by atoms with Crippen molar-refractivity contribution in [1.29, 1.82) is 0 Å². The molecule has 0 bridgehead atoms. The van der Waals surface area contributed by atoms with Gasteiger partial charge < -0.3 is 10.0 Å². The maximum absolute atomic E-state index is 12.4. The predicted octanol–water partition coefficient (Wildman–Crippen LogP) is 2.43. The van der Waals surface area contributed by atoms with Gasteiger partial charge in [0.05, 0.1) is 0 Å². The molecule has 1 saturated heterocycles. The Morgan fingerprint density at radius 3 is 2.90 bits per heavy atom. The second kappa shape index (κ2) is 6.50. The number of rotatable bonds is 3. The normalized spacial score (nSPS) is 19.4. The zero-order valence-electron chi connectivity index (χ0n) is 11.7. The molecular formula is C15H20N2O3. The Balaban J connectivity index is 2.10. The van der Waals surface area contributed by atoms with E-state index in [1.807, 2.05) is 4.90 Å². The fourth-order valence-corrected chi connectivity index (χ4v) is 2.64. The number of pyridine rings is 1. The topological polar surface area (TPSA) is 70.5 Å². The monoisotopic (exact) mass is 276 g/mol. The Kier molecular flexibility index (Phi) is 4.71. The summed E-state index contributed by atoms with van der Waals surface area (Å²) in [6, 6.07) is 2.93. The fraction of sp³-hybridized carbons (Fsp3) is 0.533. The van der Waals surface area contributed by atoms with Crippen molar-refractivity contribution in [1.82, 2.24) is 9.88 Å². The van der Waals surface area contributed by atoms with Crippen molar-refractivity contribution in [3.8, 4) is 0 Å². The highest BCUT2D eigenvalue weighted by atomic mass is 16.4. The maximum Gasteiger partial charge on any atom is 0.354 e. The molecule has 5 heteroatoms. The third-order valence-electron chi connectivity index (χ3n) is 3.94. The number of nitrogens with zero attached hydrogens (tertiary/aromatic N) is 2. The molecule has 0 saturated carbocycles. The van der Waals surface area contributed by atoms with Gasteiger partial charge in [0.25, 0.3) is 5.91 Å². The maximum atomic E-state index is 12.4. The van der Waals surface area contributed by atoms with Crippen LogP contribution in [0.25, 0.3) is 0 Å². The van der Waals surface area contributed by atoms with E-state index in [0.29, 0.717) is 11.5 Å². The zero-order valence-corrected chi connectivity index (χ0v) is 11.7. The molecule has 0 spiro atoms. The fourth-order valence-electron chi connectivity index (χ4n) is 2.64. The number of likely N-dealkylation sites (tertiary alicyclic amines) is 1. The third kappa shape index (κ3) is 3.35. The van der Waals surface area contributed by atoms with Crippen LogP contribution < -0.4 is 0 Å². The Morgan fingerprint density at radius 1 is 1.40 bits per heavy atom. The summed E-state index contributed by atoms with van der Waals surface area (Å²) < 4.78 is 0. The number of carbonyl (C=O) groups is 2. The third-order valence-corrected chi connectivity index (χ3v) is 3.94. The lowest BCUT2D eigenvalue weighted by Gasteiger charge is -2.20. The molecule has 1 N–H and O–H groups in total. The number of amides is 1. The Hall–Kier alpha value is -1.91. The summed E-state index contributed by atoms with van der Waals surface area (Å²) in [5.41, 5.74) is 0.324. The van der Waals surface area contributed by atoms with Crippen LogP contribution in [0, 0.1) is 5.92 Å². The van der Waals surface area contributed by atoms with Crippen LogP contribution in [0.3, 0.4) is 0 Å². The average molecular weight is 276 g/mol. The minimum Gasteiger partial charge on any atom is -0.477 e. The van der Waals surface area contributed by atoms with Crippen molar-refractivity contribution in [3.63, 3.8) is 0 Å². The van der Waals surface area contributed by atoms with Crippen molar-refractivity contribution in [3.05, 3.63) is 29.6 Å². The van der Waals surface area contributed by atoms with E-state index in [0.717, 1.165) is 38.8 Å². The van der Waals surface area contributed by atoms with Crippen LogP contribution >= 0.6 is 0 Å². The number of carboxylic acid groups (broad SMARTS) is 1. The van der Waals surface area contributed by atoms with Crippen LogP contribution in [0.5, 0.6) is 0 Å². The van der Waals surface area contributed by atoms with Gasteiger partial charge in [-0.05, 0) is 37.3 Å². The van der Waals surface area contributed by atoms with Gasteiger partial charge in [0.2, 0.25) is 0 Å². The molecule has 1 atom stereocenters. The molecule has 1 unspecified atom stereocenters. The molecule has 2 rings (SSSR count). The molecule has 1 aromatic heterocycles. The van der Waals surface area contributed by atoms with Crippen LogP contribution in [0.1, 0.15) is 53.5 Å². The molecule has 1 aliphatic heterocycles. The highest BCUT2D eigenvalue weighted by Crippen LogP contribution is 2.21. The lowest BCUT2D eigenvalue weighted by atomic mass is 9.98.